The second kappa shape index (κ2) is 18.5. The number of carbonyl (C=O) groups excluding carboxylic acids is 3. The van der Waals surface area contributed by atoms with Crippen LogP contribution in [0.15, 0.2) is 30.3 Å². The molecule has 0 heterocycles. The van der Waals surface area contributed by atoms with Crippen molar-refractivity contribution >= 4 is 32.2 Å². The standard InChI is InChI=1S/C40H63FN2O8Si/c1-15-17-24-47-34-31(35(44)49-29-21-19-18-20-22-29)27(3)32(41)30(25-28(42-23-16-2)26-48-52(13,14)40(10,11)12)33(34)43(36(45)50-38(4,5)6)37(46)51-39(7,8)9/h18-22,28,42H,15-17,23-26H2,1-14H3. The molecule has 2 aromatic carbocycles. The molecule has 52 heavy (non-hydrogen) atoms. The van der Waals surface area contributed by atoms with Crippen molar-refractivity contribution in [2.45, 2.75) is 144 Å². The fraction of sp³-hybridized carbons (Fsp3) is 0.625. The Hall–Kier alpha value is -3.48. The van der Waals surface area contributed by atoms with Crippen molar-refractivity contribution < 1.29 is 42.1 Å². The maximum Gasteiger partial charge on any atom is 0.424 e. The number of hydrogen-bond acceptors (Lipinski definition) is 9. The number of esters is 1. The lowest BCUT2D eigenvalue weighted by molar-refractivity contribution is 0.0426. The third kappa shape index (κ3) is 12.9. The van der Waals surface area contributed by atoms with Crippen LogP contribution in [0.4, 0.5) is 19.7 Å². The first-order valence-electron chi connectivity index (χ1n) is 18.3. The molecule has 1 N–H and O–H groups in total. The number of carbonyl (C=O) groups is 3. The number of para-hydroxylation sites is 1. The van der Waals surface area contributed by atoms with Crippen LogP contribution in [-0.4, -0.2) is 63.5 Å². The Morgan fingerprint density at radius 1 is 0.885 bits per heavy atom. The number of hydrogen-bond donors (Lipinski definition) is 1. The van der Waals surface area contributed by atoms with Gasteiger partial charge >= 0.3 is 18.2 Å². The SMILES string of the molecule is CCCCOc1c(C(=O)Oc2ccccc2)c(C)c(F)c(CC(CO[Si](C)(C)C(C)(C)C)NCCC)c1N(C(=O)OC(C)(C)C)C(=O)OC(C)(C)C. The number of nitrogens with one attached hydrogen (secondary N) is 1. The van der Waals surface area contributed by atoms with E-state index in [1.165, 1.54) is 6.92 Å². The zero-order valence-corrected chi connectivity index (χ0v) is 35.0. The minimum absolute atomic E-state index is 0.0309. The molecule has 0 fully saturated rings. The molecule has 2 amide bonds. The van der Waals surface area contributed by atoms with Gasteiger partial charge in [0.25, 0.3) is 0 Å². The molecule has 2 aromatic rings. The Morgan fingerprint density at radius 3 is 1.92 bits per heavy atom. The number of nitrogens with zero attached hydrogens (tertiary/aromatic N) is 1. The molecular weight excluding hydrogens is 684 g/mol. The van der Waals surface area contributed by atoms with Crippen molar-refractivity contribution in [3.8, 4) is 11.5 Å². The maximum atomic E-state index is 17.2. The van der Waals surface area contributed by atoms with Crippen LogP contribution in [0, 0.1) is 12.7 Å². The van der Waals surface area contributed by atoms with Gasteiger partial charge in [0.05, 0.1) is 6.61 Å². The van der Waals surface area contributed by atoms with Gasteiger partial charge in [-0.25, -0.2) is 18.8 Å². The monoisotopic (exact) mass is 746 g/mol. The highest BCUT2D eigenvalue weighted by Gasteiger charge is 2.42. The molecule has 10 nitrogen and oxygen atoms in total. The van der Waals surface area contributed by atoms with E-state index in [9.17, 15) is 14.4 Å². The third-order valence-electron chi connectivity index (χ3n) is 8.56. The average Bonchev–Trinajstić information content (AvgIpc) is 3.00. The lowest BCUT2D eigenvalue weighted by Crippen LogP contribution is -2.47. The minimum atomic E-state index is -2.25. The van der Waals surface area contributed by atoms with Crippen molar-refractivity contribution in [1.82, 2.24) is 5.32 Å². The number of unbranched alkanes of at least 4 members (excludes halogenated alkanes) is 1. The van der Waals surface area contributed by atoms with Gasteiger partial charge in [0, 0.05) is 23.8 Å². The van der Waals surface area contributed by atoms with E-state index in [2.05, 4.69) is 39.2 Å². The summed E-state index contributed by atoms with van der Waals surface area (Å²) in [5.74, 6) is -1.68. The van der Waals surface area contributed by atoms with Crippen LogP contribution in [0.5, 0.6) is 11.5 Å². The summed E-state index contributed by atoms with van der Waals surface area (Å²) in [5, 5.41) is 3.40. The molecule has 0 aliphatic rings. The highest BCUT2D eigenvalue weighted by Crippen LogP contribution is 2.43. The highest BCUT2D eigenvalue weighted by molar-refractivity contribution is 6.74. The average molecular weight is 747 g/mol. The molecule has 1 atom stereocenters. The summed E-state index contributed by atoms with van der Waals surface area (Å²) in [6, 6.07) is 7.90. The molecule has 1 unspecified atom stereocenters. The molecule has 0 aromatic heterocycles. The summed E-state index contributed by atoms with van der Waals surface area (Å²) >= 11 is 0. The summed E-state index contributed by atoms with van der Waals surface area (Å²) < 4.78 is 47.4. The zero-order valence-electron chi connectivity index (χ0n) is 34.0. The van der Waals surface area contributed by atoms with Crippen LogP contribution in [-0.2, 0) is 20.3 Å². The first kappa shape index (κ1) is 44.7. The molecule has 12 heteroatoms. The molecule has 0 bridgehead atoms. The number of anilines is 1. The van der Waals surface area contributed by atoms with E-state index in [1.807, 2.05) is 13.8 Å². The van der Waals surface area contributed by atoms with Crippen molar-refractivity contribution in [2.24, 2.45) is 0 Å². The van der Waals surface area contributed by atoms with E-state index in [-0.39, 0.29) is 58.5 Å². The Kier molecular flexibility index (Phi) is 15.9. The van der Waals surface area contributed by atoms with Crippen LogP contribution in [0.1, 0.15) is 117 Å². The molecular formula is C40H63FN2O8Si. The summed E-state index contributed by atoms with van der Waals surface area (Å²) in [7, 11) is -2.25. The largest absolute Gasteiger partial charge is 0.490 e. The summed E-state index contributed by atoms with van der Waals surface area (Å²) in [6.07, 6.45) is -0.173. The van der Waals surface area contributed by atoms with Gasteiger partial charge in [0.1, 0.15) is 34.0 Å². The van der Waals surface area contributed by atoms with Gasteiger partial charge in [-0.2, -0.15) is 4.90 Å². The second-order valence-corrected chi connectivity index (χ2v) is 21.4. The van der Waals surface area contributed by atoms with Crippen molar-refractivity contribution in [1.29, 1.82) is 0 Å². The number of imide groups is 1. The lowest BCUT2D eigenvalue weighted by Gasteiger charge is -2.37. The minimum Gasteiger partial charge on any atom is -0.490 e. The zero-order chi connectivity index (χ0) is 39.7. The fourth-order valence-corrected chi connectivity index (χ4v) is 5.87. The van der Waals surface area contributed by atoms with Gasteiger partial charge < -0.3 is 28.7 Å². The molecule has 0 aliphatic carbocycles. The molecule has 0 saturated carbocycles. The molecule has 292 valence electrons. The van der Waals surface area contributed by atoms with E-state index in [4.69, 9.17) is 23.4 Å². The number of halogens is 1. The van der Waals surface area contributed by atoms with Crippen LogP contribution < -0.4 is 19.7 Å². The summed E-state index contributed by atoms with van der Waals surface area (Å²) in [6.45, 7) is 27.0. The molecule has 0 aliphatic heterocycles. The lowest BCUT2D eigenvalue weighted by atomic mass is 9.94. The first-order valence-corrected chi connectivity index (χ1v) is 21.2. The third-order valence-corrected chi connectivity index (χ3v) is 13.1. The predicted octanol–water partition coefficient (Wildman–Crippen LogP) is 10.1. The van der Waals surface area contributed by atoms with Gasteiger partial charge in [-0.3, -0.25) is 0 Å². The van der Waals surface area contributed by atoms with Crippen LogP contribution in [0.3, 0.4) is 0 Å². The van der Waals surface area contributed by atoms with Gasteiger partial charge in [0.15, 0.2) is 14.1 Å². The topological polar surface area (TPSA) is 113 Å². The van der Waals surface area contributed by atoms with Crippen LogP contribution >= 0.6 is 0 Å². The van der Waals surface area contributed by atoms with Gasteiger partial charge in [-0.05, 0) is 105 Å². The van der Waals surface area contributed by atoms with E-state index < -0.39 is 49.5 Å². The number of rotatable bonds is 15. The van der Waals surface area contributed by atoms with Crippen molar-refractivity contribution in [3.63, 3.8) is 0 Å². The second-order valence-electron chi connectivity index (χ2n) is 16.6. The van der Waals surface area contributed by atoms with Gasteiger partial charge in [-0.1, -0.05) is 59.2 Å². The smallest absolute Gasteiger partial charge is 0.424 e. The molecule has 0 radical (unpaired) electrons. The van der Waals surface area contributed by atoms with Crippen molar-refractivity contribution in [2.75, 3.05) is 24.7 Å². The Labute approximate surface area is 312 Å². The highest BCUT2D eigenvalue weighted by atomic mass is 28.4. The first-order chi connectivity index (χ1) is 23.9. The number of amides is 2. The van der Waals surface area contributed by atoms with Gasteiger partial charge in [0.2, 0.25) is 0 Å². The molecule has 0 saturated heterocycles. The number of ether oxygens (including phenoxy) is 4. The maximum absolute atomic E-state index is 17.2. The van der Waals surface area contributed by atoms with Crippen LogP contribution in [0.2, 0.25) is 18.1 Å². The fourth-order valence-electron chi connectivity index (χ4n) is 4.82. The molecule has 2 rings (SSSR count). The van der Waals surface area contributed by atoms with Crippen molar-refractivity contribution in [3.05, 3.63) is 52.8 Å². The normalized spacial score (nSPS) is 13.0. The van der Waals surface area contributed by atoms with E-state index in [0.29, 0.717) is 17.9 Å². The van der Waals surface area contributed by atoms with E-state index >= 15 is 4.39 Å². The van der Waals surface area contributed by atoms with E-state index in [0.717, 1.165) is 12.8 Å². The predicted molar refractivity (Wildman–Crippen MR) is 207 cm³/mol. The Morgan fingerprint density at radius 2 is 1.44 bits per heavy atom. The van der Waals surface area contributed by atoms with E-state index in [1.54, 1.807) is 71.9 Å². The Balaban J connectivity index is 3.06. The van der Waals surface area contributed by atoms with Gasteiger partial charge in [-0.15, -0.1) is 0 Å². The quantitative estimate of drug-likeness (QED) is 0.0824. The Bertz CT molecular complexity index is 1480. The number of benzene rings is 2. The molecule has 0 spiro atoms. The summed E-state index contributed by atoms with van der Waals surface area (Å²) in [5.41, 5.74) is -2.74. The van der Waals surface area contributed by atoms with Crippen LogP contribution in [0.25, 0.3) is 0 Å². The summed E-state index contributed by atoms with van der Waals surface area (Å²) in [4.78, 5) is 43.1.